The summed E-state index contributed by atoms with van der Waals surface area (Å²) in [7, 11) is 3.15. The van der Waals surface area contributed by atoms with Crippen molar-refractivity contribution in [2.45, 2.75) is 19.3 Å². The first kappa shape index (κ1) is 21.1. The van der Waals surface area contributed by atoms with Crippen molar-refractivity contribution in [3.8, 4) is 11.5 Å². The number of amides is 2. The normalized spacial score (nSPS) is 14.4. The Morgan fingerprint density at radius 3 is 2.48 bits per heavy atom. The van der Waals surface area contributed by atoms with Gasteiger partial charge in [0.05, 0.1) is 20.6 Å². The fraction of sp³-hybridized carbons (Fsp3) is 0.381. The minimum absolute atomic E-state index is 0.0469. The van der Waals surface area contributed by atoms with E-state index in [0.29, 0.717) is 49.7 Å². The molecule has 7 nitrogen and oxygen atoms in total. The quantitative estimate of drug-likeness (QED) is 0.713. The molecular formula is C21H24BrN3O4. The summed E-state index contributed by atoms with van der Waals surface area (Å²) >= 11 is 3.32. The van der Waals surface area contributed by atoms with E-state index in [4.69, 9.17) is 9.47 Å². The molecule has 2 amide bonds. The fourth-order valence-corrected chi connectivity index (χ4v) is 3.58. The van der Waals surface area contributed by atoms with Crippen LogP contribution in [0, 0.1) is 5.92 Å². The number of benzene rings is 1. The molecule has 2 aromatic rings. The van der Waals surface area contributed by atoms with Gasteiger partial charge in [-0.15, -0.1) is 0 Å². The van der Waals surface area contributed by atoms with Gasteiger partial charge in [-0.2, -0.15) is 0 Å². The summed E-state index contributed by atoms with van der Waals surface area (Å²) in [6.45, 7) is 1.13. The predicted octanol–water partition coefficient (Wildman–Crippen LogP) is 3.28. The van der Waals surface area contributed by atoms with Crippen LogP contribution in [-0.2, 0) is 16.0 Å². The van der Waals surface area contributed by atoms with Gasteiger partial charge in [-0.1, -0.05) is 6.07 Å². The minimum atomic E-state index is -0.120. The van der Waals surface area contributed by atoms with Gasteiger partial charge in [0.15, 0.2) is 11.5 Å². The molecule has 154 valence electrons. The molecule has 1 fully saturated rings. The Hall–Kier alpha value is -2.61. The number of halogens is 1. The highest BCUT2D eigenvalue weighted by Crippen LogP contribution is 2.28. The lowest BCUT2D eigenvalue weighted by Crippen LogP contribution is -2.42. The second kappa shape index (κ2) is 9.73. The maximum Gasteiger partial charge on any atom is 0.228 e. The maximum atomic E-state index is 12.7. The summed E-state index contributed by atoms with van der Waals surface area (Å²) in [5.74, 6) is 1.65. The van der Waals surface area contributed by atoms with Crippen molar-refractivity contribution in [1.29, 1.82) is 0 Å². The summed E-state index contributed by atoms with van der Waals surface area (Å²) in [5.41, 5.74) is 0.869. The maximum absolute atomic E-state index is 12.7. The number of likely N-dealkylation sites (tertiary alicyclic amines) is 1. The summed E-state index contributed by atoms with van der Waals surface area (Å²) in [6, 6.07) is 9.07. The van der Waals surface area contributed by atoms with E-state index in [1.165, 1.54) is 0 Å². The summed E-state index contributed by atoms with van der Waals surface area (Å²) in [4.78, 5) is 31.1. The van der Waals surface area contributed by atoms with E-state index in [9.17, 15) is 9.59 Å². The van der Waals surface area contributed by atoms with Gasteiger partial charge in [-0.25, -0.2) is 4.98 Å². The largest absolute Gasteiger partial charge is 0.493 e. The lowest BCUT2D eigenvalue weighted by molar-refractivity contribution is -0.133. The first-order valence-corrected chi connectivity index (χ1v) is 10.2. The number of carbonyl (C=O) groups excluding carboxylic acids is 2. The zero-order valence-corrected chi connectivity index (χ0v) is 18.1. The average Bonchev–Trinajstić information content (AvgIpc) is 2.75. The van der Waals surface area contributed by atoms with Gasteiger partial charge >= 0.3 is 0 Å². The van der Waals surface area contributed by atoms with Crippen LogP contribution in [0.4, 0.5) is 5.82 Å². The van der Waals surface area contributed by atoms with Crippen LogP contribution in [0.3, 0.4) is 0 Å². The van der Waals surface area contributed by atoms with Crippen LogP contribution in [0.5, 0.6) is 11.5 Å². The number of pyridine rings is 1. The highest BCUT2D eigenvalue weighted by atomic mass is 79.9. The van der Waals surface area contributed by atoms with E-state index in [-0.39, 0.29) is 17.7 Å². The number of rotatable bonds is 6. The van der Waals surface area contributed by atoms with E-state index >= 15 is 0 Å². The number of nitrogens with zero attached hydrogens (tertiary/aromatic N) is 2. The van der Waals surface area contributed by atoms with Crippen molar-refractivity contribution in [1.82, 2.24) is 9.88 Å². The van der Waals surface area contributed by atoms with Crippen molar-refractivity contribution in [2.75, 3.05) is 32.6 Å². The number of anilines is 1. The van der Waals surface area contributed by atoms with Crippen LogP contribution in [-0.4, -0.2) is 49.0 Å². The first-order chi connectivity index (χ1) is 14.0. The molecule has 0 radical (unpaired) electrons. The minimum Gasteiger partial charge on any atom is -0.493 e. The van der Waals surface area contributed by atoms with Crippen LogP contribution < -0.4 is 14.8 Å². The van der Waals surface area contributed by atoms with Crippen molar-refractivity contribution < 1.29 is 19.1 Å². The molecule has 1 aliphatic rings. The number of ether oxygens (including phenoxy) is 2. The molecule has 1 saturated heterocycles. The number of nitrogens with one attached hydrogen (secondary N) is 1. The Morgan fingerprint density at radius 1 is 1.14 bits per heavy atom. The van der Waals surface area contributed by atoms with Gasteiger partial charge in [0.25, 0.3) is 0 Å². The molecule has 0 spiro atoms. The highest BCUT2D eigenvalue weighted by Gasteiger charge is 2.27. The predicted molar refractivity (Wildman–Crippen MR) is 113 cm³/mol. The second-order valence-corrected chi connectivity index (χ2v) is 7.79. The number of carbonyl (C=O) groups is 2. The van der Waals surface area contributed by atoms with E-state index < -0.39 is 0 Å². The molecule has 8 heteroatoms. The van der Waals surface area contributed by atoms with Crippen molar-refractivity contribution in [3.63, 3.8) is 0 Å². The Kier molecular flexibility index (Phi) is 7.09. The number of hydrogen-bond acceptors (Lipinski definition) is 5. The SMILES string of the molecule is COc1ccc(CC(=O)N2CCC(C(=O)Nc3ccc(Br)cn3)CC2)cc1OC. The molecule has 0 unspecified atom stereocenters. The van der Waals surface area contributed by atoms with Gasteiger partial charge in [-0.3, -0.25) is 9.59 Å². The monoisotopic (exact) mass is 461 g/mol. The number of hydrogen-bond donors (Lipinski definition) is 1. The van der Waals surface area contributed by atoms with E-state index in [0.717, 1.165) is 10.0 Å². The Morgan fingerprint density at radius 2 is 1.86 bits per heavy atom. The number of piperidine rings is 1. The van der Waals surface area contributed by atoms with Gasteiger partial charge in [-0.05, 0) is 58.6 Å². The average molecular weight is 462 g/mol. The molecule has 0 saturated carbocycles. The third-order valence-corrected chi connectivity index (χ3v) is 5.47. The first-order valence-electron chi connectivity index (χ1n) is 9.41. The lowest BCUT2D eigenvalue weighted by atomic mass is 9.95. The zero-order valence-electron chi connectivity index (χ0n) is 16.5. The van der Waals surface area contributed by atoms with Crippen molar-refractivity contribution in [2.24, 2.45) is 5.92 Å². The van der Waals surface area contributed by atoms with Gasteiger partial charge in [0.2, 0.25) is 11.8 Å². The molecule has 29 heavy (non-hydrogen) atoms. The second-order valence-electron chi connectivity index (χ2n) is 6.87. The highest BCUT2D eigenvalue weighted by molar-refractivity contribution is 9.10. The molecule has 0 aliphatic carbocycles. The standard InChI is InChI=1S/C21H24BrN3O4/c1-28-17-5-3-14(11-18(17)29-2)12-20(26)25-9-7-15(8-10-25)21(27)24-19-6-4-16(22)13-23-19/h3-6,11,13,15H,7-10,12H2,1-2H3,(H,23,24,27). The van der Waals surface area contributed by atoms with Crippen LogP contribution in [0.2, 0.25) is 0 Å². The number of methoxy groups -OCH3 is 2. The van der Waals surface area contributed by atoms with Gasteiger partial charge in [0.1, 0.15) is 5.82 Å². The van der Waals surface area contributed by atoms with E-state index in [1.807, 2.05) is 23.1 Å². The van der Waals surface area contributed by atoms with E-state index in [1.54, 1.807) is 32.5 Å². The summed E-state index contributed by atoms with van der Waals surface area (Å²) < 4.78 is 11.4. The molecule has 1 aromatic heterocycles. The molecule has 1 aromatic carbocycles. The van der Waals surface area contributed by atoms with Crippen molar-refractivity contribution in [3.05, 3.63) is 46.6 Å². The van der Waals surface area contributed by atoms with E-state index in [2.05, 4.69) is 26.2 Å². The third kappa shape index (κ3) is 5.47. The van der Waals surface area contributed by atoms with Crippen LogP contribution >= 0.6 is 15.9 Å². The smallest absolute Gasteiger partial charge is 0.228 e. The zero-order chi connectivity index (χ0) is 20.8. The van der Waals surface area contributed by atoms with Crippen LogP contribution in [0.1, 0.15) is 18.4 Å². The molecule has 1 N–H and O–H groups in total. The molecular weight excluding hydrogens is 438 g/mol. The van der Waals surface area contributed by atoms with Crippen LogP contribution in [0.25, 0.3) is 0 Å². The molecule has 0 bridgehead atoms. The Bertz CT molecular complexity index is 865. The summed E-state index contributed by atoms with van der Waals surface area (Å²) in [5, 5.41) is 2.85. The van der Waals surface area contributed by atoms with Crippen LogP contribution in [0.15, 0.2) is 41.0 Å². The Labute approximate surface area is 178 Å². The van der Waals surface area contributed by atoms with Crippen molar-refractivity contribution >= 4 is 33.6 Å². The summed E-state index contributed by atoms with van der Waals surface area (Å²) in [6.07, 6.45) is 3.21. The lowest BCUT2D eigenvalue weighted by Gasteiger charge is -2.31. The molecule has 1 aliphatic heterocycles. The van der Waals surface area contributed by atoms with Gasteiger partial charge in [0, 0.05) is 29.7 Å². The third-order valence-electron chi connectivity index (χ3n) is 5.00. The molecule has 3 rings (SSSR count). The Balaban J connectivity index is 1.51. The molecule has 0 atom stereocenters. The fourth-order valence-electron chi connectivity index (χ4n) is 3.35. The topological polar surface area (TPSA) is 80.8 Å². The molecule has 2 heterocycles. The van der Waals surface area contributed by atoms with Gasteiger partial charge < -0.3 is 19.7 Å². The number of aromatic nitrogens is 1.